The molecule has 9 nitrogen and oxygen atoms in total. The second kappa shape index (κ2) is 10.1. The van der Waals surface area contributed by atoms with Gasteiger partial charge in [0.05, 0.1) is 7.11 Å². The van der Waals surface area contributed by atoms with Crippen LogP contribution in [0.3, 0.4) is 0 Å². The molecule has 0 radical (unpaired) electrons. The number of hydrogen-bond donors (Lipinski definition) is 0. The molecular weight excluding hydrogens is 424 g/mol. The number of amides is 4. The predicted molar refractivity (Wildman–Crippen MR) is 113 cm³/mol. The Labute approximate surface area is 186 Å². The third-order valence-corrected chi connectivity index (χ3v) is 6.00. The Kier molecular flexibility index (Phi) is 7.50. The molecule has 1 atom stereocenters. The van der Waals surface area contributed by atoms with Crippen molar-refractivity contribution in [2.75, 3.05) is 53.4 Å². The number of ether oxygens (including phenoxy) is 1. The van der Waals surface area contributed by atoms with Crippen LogP contribution in [0.2, 0.25) is 5.02 Å². The molecule has 2 aliphatic rings. The highest BCUT2D eigenvalue weighted by Crippen LogP contribution is 2.29. The Morgan fingerprint density at radius 3 is 2.39 bits per heavy atom. The molecule has 0 aromatic heterocycles. The Balaban J connectivity index is 1.52. The van der Waals surface area contributed by atoms with Gasteiger partial charge in [-0.05, 0) is 18.1 Å². The molecule has 1 aromatic carbocycles. The second-order valence-corrected chi connectivity index (χ2v) is 8.06. The van der Waals surface area contributed by atoms with Crippen molar-refractivity contribution in [1.82, 2.24) is 19.6 Å². The number of likely N-dealkylation sites (N-methyl/N-ethyl adjacent to an activating group) is 1. The third-order valence-electron chi connectivity index (χ3n) is 5.66. The summed E-state index contributed by atoms with van der Waals surface area (Å²) in [4.78, 5) is 55.0. The summed E-state index contributed by atoms with van der Waals surface area (Å²) < 4.78 is 4.99. The summed E-state index contributed by atoms with van der Waals surface area (Å²) in [6, 6.07) is 6.22. The van der Waals surface area contributed by atoms with Gasteiger partial charge < -0.3 is 14.5 Å². The summed E-state index contributed by atoms with van der Waals surface area (Å²) in [7, 11) is 2.93. The zero-order valence-electron chi connectivity index (χ0n) is 17.8. The van der Waals surface area contributed by atoms with E-state index in [0.29, 0.717) is 43.2 Å². The van der Waals surface area contributed by atoms with Gasteiger partial charge in [-0.1, -0.05) is 29.8 Å². The lowest BCUT2D eigenvalue weighted by atomic mass is 10.0. The number of hydrogen-bond acceptors (Lipinski definition) is 6. The lowest BCUT2D eigenvalue weighted by Crippen LogP contribution is -2.51. The molecule has 3 rings (SSSR count). The fourth-order valence-electron chi connectivity index (χ4n) is 3.95. The van der Waals surface area contributed by atoms with Crippen molar-refractivity contribution in [1.29, 1.82) is 0 Å². The Bertz CT molecular complexity index is 856. The maximum atomic E-state index is 12.6. The summed E-state index contributed by atoms with van der Waals surface area (Å²) >= 11 is 6.31. The van der Waals surface area contributed by atoms with Gasteiger partial charge in [0, 0.05) is 51.2 Å². The zero-order valence-corrected chi connectivity index (χ0v) is 18.5. The summed E-state index contributed by atoms with van der Waals surface area (Å²) in [6.07, 6.45) is 0.681. The first kappa shape index (κ1) is 23.0. The van der Waals surface area contributed by atoms with Crippen molar-refractivity contribution < 1.29 is 23.9 Å². The molecule has 1 aromatic rings. The number of rotatable bonds is 7. The first-order chi connectivity index (χ1) is 14.8. The molecule has 0 spiro atoms. The van der Waals surface area contributed by atoms with Crippen LogP contribution in [0.15, 0.2) is 24.3 Å². The average molecular weight is 451 g/mol. The van der Waals surface area contributed by atoms with Gasteiger partial charge >= 0.3 is 12.0 Å². The molecule has 1 unspecified atom stereocenters. The SMILES string of the molecule is COC(=O)C(c1ccccc1Cl)N1CCN(C(=O)CCCN2C(=O)CN(C)C2=O)CC1. The third kappa shape index (κ3) is 5.16. The quantitative estimate of drug-likeness (QED) is 0.460. The number of piperazine rings is 1. The average Bonchev–Trinajstić information content (AvgIpc) is 3.01. The fraction of sp³-hybridized carbons (Fsp3) is 0.524. The minimum atomic E-state index is -0.625. The van der Waals surface area contributed by atoms with E-state index in [9.17, 15) is 19.2 Å². The molecule has 0 aliphatic carbocycles. The number of imide groups is 1. The number of halogens is 1. The van der Waals surface area contributed by atoms with Crippen LogP contribution in [-0.4, -0.2) is 96.8 Å². The Hall–Kier alpha value is -2.65. The van der Waals surface area contributed by atoms with Crippen LogP contribution in [0.25, 0.3) is 0 Å². The van der Waals surface area contributed by atoms with E-state index in [0.717, 1.165) is 0 Å². The van der Waals surface area contributed by atoms with Gasteiger partial charge in [0.1, 0.15) is 12.6 Å². The van der Waals surface area contributed by atoms with Crippen LogP contribution >= 0.6 is 11.6 Å². The predicted octanol–water partition coefficient (Wildman–Crippen LogP) is 1.37. The van der Waals surface area contributed by atoms with Gasteiger partial charge in [0.2, 0.25) is 11.8 Å². The first-order valence-electron chi connectivity index (χ1n) is 10.2. The number of carbonyl (C=O) groups excluding carboxylic acids is 4. The van der Waals surface area contributed by atoms with Crippen LogP contribution in [0.4, 0.5) is 4.79 Å². The number of esters is 1. The van der Waals surface area contributed by atoms with Crippen molar-refractivity contribution in [2.45, 2.75) is 18.9 Å². The lowest BCUT2D eigenvalue weighted by Gasteiger charge is -2.38. The minimum absolute atomic E-state index is 0.0283. The summed E-state index contributed by atoms with van der Waals surface area (Å²) in [5.41, 5.74) is 0.681. The largest absolute Gasteiger partial charge is 0.468 e. The highest BCUT2D eigenvalue weighted by molar-refractivity contribution is 6.31. The van der Waals surface area contributed by atoms with Crippen molar-refractivity contribution in [3.8, 4) is 0 Å². The van der Waals surface area contributed by atoms with Gasteiger partial charge in [-0.25, -0.2) is 9.59 Å². The van der Waals surface area contributed by atoms with Gasteiger partial charge in [0.25, 0.3) is 0 Å². The molecule has 0 bridgehead atoms. The highest BCUT2D eigenvalue weighted by Gasteiger charge is 2.35. The van der Waals surface area contributed by atoms with E-state index >= 15 is 0 Å². The van der Waals surface area contributed by atoms with Crippen molar-refractivity contribution >= 4 is 35.4 Å². The van der Waals surface area contributed by atoms with Crippen molar-refractivity contribution in [3.05, 3.63) is 34.9 Å². The molecule has 31 heavy (non-hydrogen) atoms. The molecule has 0 saturated carbocycles. The van der Waals surface area contributed by atoms with E-state index in [1.807, 2.05) is 11.0 Å². The molecule has 10 heteroatoms. The maximum Gasteiger partial charge on any atom is 0.327 e. The molecule has 2 fully saturated rings. The minimum Gasteiger partial charge on any atom is -0.468 e. The molecule has 2 saturated heterocycles. The van der Waals surface area contributed by atoms with Gasteiger partial charge in [-0.15, -0.1) is 0 Å². The smallest absolute Gasteiger partial charge is 0.327 e. The number of methoxy groups -OCH3 is 1. The molecule has 4 amide bonds. The van der Waals surface area contributed by atoms with Gasteiger partial charge in [-0.2, -0.15) is 0 Å². The zero-order chi connectivity index (χ0) is 22.5. The molecular formula is C21H27ClN4O5. The standard InChI is InChI=1S/C21H27ClN4O5/c1-23-14-18(28)26(21(23)30)9-5-8-17(27)24-10-12-25(13-11-24)19(20(29)31-2)15-6-3-4-7-16(15)22/h3-4,6-7,19H,5,8-14H2,1-2H3. The van der Waals surface area contributed by atoms with E-state index in [4.69, 9.17) is 16.3 Å². The monoisotopic (exact) mass is 450 g/mol. The fourth-order valence-corrected chi connectivity index (χ4v) is 4.19. The Morgan fingerprint density at radius 1 is 1.13 bits per heavy atom. The van der Waals surface area contributed by atoms with E-state index < -0.39 is 12.0 Å². The number of carbonyl (C=O) groups is 4. The van der Waals surface area contributed by atoms with Gasteiger partial charge in [-0.3, -0.25) is 19.4 Å². The topological polar surface area (TPSA) is 90.5 Å². The first-order valence-corrected chi connectivity index (χ1v) is 10.6. The number of benzene rings is 1. The van der Waals surface area contributed by atoms with Gasteiger partial charge in [0.15, 0.2) is 0 Å². The molecule has 0 N–H and O–H groups in total. The highest BCUT2D eigenvalue weighted by atomic mass is 35.5. The second-order valence-electron chi connectivity index (χ2n) is 7.65. The van der Waals surface area contributed by atoms with Crippen molar-refractivity contribution in [3.63, 3.8) is 0 Å². The Morgan fingerprint density at radius 2 is 1.81 bits per heavy atom. The molecule has 168 valence electrons. The summed E-state index contributed by atoms with van der Waals surface area (Å²) in [5.74, 6) is -0.653. The summed E-state index contributed by atoms with van der Waals surface area (Å²) in [5, 5.41) is 0.494. The lowest BCUT2D eigenvalue weighted by molar-refractivity contribution is -0.148. The van der Waals surface area contributed by atoms with E-state index in [2.05, 4.69) is 0 Å². The van der Waals surface area contributed by atoms with E-state index in [1.165, 1.54) is 16.9 Å². The van der Waals surface area contributed by atoms with Crippen molar-refractivity contribution in [2.24, 2.45) is 0 Å². The van der Waals surface area contributed by atoms with Crippen LogP contribution in [0.5, 0.6) is 0 Å². The van der Waals surface area contributed by atoms with Crippen LogP contribution in [-0.2, 0) is 19.1 Å². The maximum absolute atomic E-state index is 12.6. The van der Waals surface area contributed by atoms with Crippen LogP contribution < -0.4 is 0 Å². The van der Waals surface area contributed by atoms with E-state index in [-0.39, 0.29) is 37.4 Å². The molecule has 2 aliphatic heterocycles. The summed E-state index contributed by atoms with van der Waals surface area (Å²) in [6.45, 7) is 2.28. The van der Waals surface area contributed by atoms with Crippen LogP contribution in [0, 0.1) is 0 Å². The van der Waals surface area contributed by atoms with Crippen LogP contribution in [0.1, 0.15) is 24.4 Å². The number of urea groups is 1. The normalized spacial score (nSPS) is 18.5. The molecule has 2 heterocycles. The van der Waals surface area contributed by atoms with E-state index in [1.54, 1.807) is 30.1 Å². The number of nitrogens with zero attached hydrogens (tertiary/aromatic N) is 4.